The zero-order valence-electron chi connectivity index (χ0n) is 17.7. The highest BCUT2D eigenvalue weighted by Crippen LogP contribution is 2.23. The minimum atomic E-state index is -3.88. The van der Waals surface area contributed by atoms with Gasteiger partial charge in [-0.05, 0) is 54.1 Å². The SMILES string of the molecule is COc1ccc(CN=C2C=CC(=NS(=O)(=O)c3ccc(OC)cc3)c3ccccc32)cc1. The standard InChI is InChI=1S/C25H22N2O4S/c1-30-19-9-7-18(8-10-19)17-26-24-15-16-25(23-6-4-3-5-22(23)24)27-32(28,29)21-13-11-20(31-2)12-14-21/h3-16H,17H2,1-2H3. The van der Waals surface area contributed by atoms with Gasteiger partial charge in [-0.3, -0.25) is 4.99 Å². The van der Waals surface area contributed by atoms with Gasteiger partial charge in [0, 0.05) is 11.1 Å². The quantitative estimate of drug-likeness (QED) is 0.561. The summed E-state index contributed by atoms with van der Waals surface area (Å²) in [7, 11) is -0.717. The molecule has 0 unspecified atom stereocenters. The molecule has 0 aromatic heterocycles. The van der Waals surface area contributed by atoms with Crippen LogP contribution in [0.4, 0.5) is 0 Å². The molecular weight excluding hydrogens is 424 g/mol. The lowest BCUT2D eigenvalue weighted by molar-refractivity contribution is 0.414. The molecule has 3 aromatic carbocycles. The van der Waals surface area contributed by atoms with E-state index >= 15 is 0 Å². The maximum Gasteiger partial charge on any atom is 0.282 e. The van der Waals surface area contributed by atoms with E-state index < -0.39 is 10.0 Å². The molecule has 0 spiro atoms. The van der Waals surface area contributed by atoms with Gasteiger partial charge in [-0.1, -0.05) is 36.4 Å². The fourth-order valence-corrected chi connectivity index (χ4v) is 4.33. The van der Waals surface area contributed by atoms with Crippen molar-refractivity contribution < 1.29 is 17.9 Å². The van der Waals surface area contributed by atoms with Crippen molar-refractivity contribution in [1.29, 1.82) is 0 Å². The highest BCUT2D eigenvalue weighted by atomic mass is 32.2. The lowest BCUT2D eigenvalue weighted by Crippen LogP contribution is -2.15. The van der Waals surface area contributed by atoms with Crippen molar-refractivity contribution in [2.45, 2.75) is 11.4 Å². The van der Waals surface area contributed by atoms with Crippen LogP contribution in [-0.2, 0) is 16.6 Å². The zero-order chi connectivity index (χ0) is 22.6. The summed E-state index contributed by atoms with van der Waals surface area (Å²) in [5.74, 6) is 1.38. The van der Waals surface area contributed by atoms with Crippen molar-refractivity contribution in [2.75, 3.05) is 14.2 Å². The summed E-state index contributed by atoms with van der Waals surface area (Å²) in [6, 6.07) is 21.4. The van der Waals surface area contributed by atoms with E-state index in [0.29, 0.717) is 18.0 Å². The van der Waals surface area contributed by atoms with Crippen molar-refractivity contribution in [3.05, 3.63) is 102 Å². The number of fused-ring (bicyclic) bond motifs is 1. The minimum Gasteiger partial charge on any atom is -0.497 e. The Bertz CT molecular complexity index is 1310. The first-order valence-corrected chi connectivity index (χ1v) is 11.4. The number of methoxy groups -OCH3 is 2. The molecule has 32 heavy (non-hydrogen) atoms. The van der Waals surface area contributed by atoms with Crippen LogP contribution in [0.5, 0.6) is 11.5 Å². The molecular formula is C25H22N2O4S. The molecule has 0 N–H and O–H groups in total. The van der Waals surface area contributed by atoms with E-state index in [1.54, 1.807) is 31.4 Å². The molecule has 162 valence electrons. The van der Waals surface area contributed by atoms with Crippen molar-refractivity contribution in [3.8, 4) is 11.5 Å². The summed E-state index contributed by atoms with van der Waals surface area (Å²) < 4.78 is 40.1. The van der Waals surface area contributed by atoms with Crippen molar-refractivity contribution >= 4 is 21.4 Å². The van der Waals surface area contributed by atoms with E-state index in [2.05, 4.69) is 4.40 Å². The van der Waals surface area contributed by atoms with Gasteiger partial charge in [0.25, 0.3) is 10.0 Å². The van der Waals surface area contributed by atoms with Crippen LogP contribution >= 0.6 is 0 Å². The van der Waals surface area contributed by atoms with Crippen LogP contribution in [0.1, 0.15) is 16.7 Å². The predicted molar refractivity (Wildman–Crippen MR) is 126 cm³/mol. The van der Waals surface area contributed by atoms with Crippen LogP contribution in [-0.4, -0.2) is 34.1 Å². The Morgan fingerprint density at radius 3 is 1.84 bits per heavy atom. The number of allylic oxidation sites excluding steroid dienone is 2. The molecule has 0 amide bonds. The third kappa shape index (κ3) is 4.63. The van der Waals surface area contributed by atoms with Gasteiger partial charge in [0.2, 0.25) is 0 Å². The van der Waals surface area contributed by atoms with Crippen LogP contribution < -0.4 is 9.47 Å². The number of nitrogens with zero attached hydrogens (tertiary/aromatic N) is 2. The molecule has 1 aliphatic carbocycles. The molecule has 0 aliphatic heterocycles. The second-order valence-corrected chi connectivity index (χ2v) is 8.66. The highest BCUT2D eigenvalue weighted by Gasteiger charge is 2.20. The molecule has 0 saturated carbocycles. The van der Waals surface area contributed by atoms with Gasteiger partial charge in [-0.15, -0.1) is 0 Å². The van der Waals surface area contributed by atoms with Gasteiger partial charge in [-0.2, -0.15) is 12.8 Å². The molecule has 7 heteroatoms. The van der Waals surface area contributed by atoms with Gasteiger partial charge in [0.05, 0.1) is 37.1 Å². The summed E-state index contributed by atoms with van der Waals surface area (Å²) in [6.07, 6.45) is 3.49. The number of aliphatic imine (C=N–C) groups is 1. The number of hydrogen-bond acceptors (Lipinski definition) is 5. The van der Waals surface area contributed by atoms with Crippen LogP contribution in [0.2, 0.25) is 0 Å². The Morgan fingerprint density at radius 2 is 1.25 bits per heavy atom. The molecule has 0 radical (unpaired) electrons. The lowest BCUT2D eigenvalue weighted by Gasteiger charge is -2.15. The molecule has 3 aromatic rings. The summed E-state index contributed by atoms with van der Waals surface area (Å²) in [4.78, 5) is 4.84. The minimum absolute atomic E-state index is 0.107. The van der Waals surface area contributed by atoms with Crippen LogP contribution in [0.3, 0.4) is 0 Å². The molecule has 0 fully saturated rings. The maximum absolute atomic E-state index is 12.9. The Kier molecular flexibility index (Phi) is 6.18. The van der Waals surface area contributed by atoms with Crippen LogP contribution in [0.25, 0.3) is 0 Å². The van der Waals surface area contributed by atoms with E-state index in [0.717, 1.165) is 28.2 Å². The molecule has 6 nitrogen and oxygen atoms in total. The first-order valence-electron chi connectivity index (χ1n) is 9.94. The normalized spacial score (nSPS) is 15.6. The first kappa shape index (κ1) is 21.5. The Balaban J connectivity index is 1.65. The van der Waals surface area contributed by atoms with E-state index in [1.165, 1.54) is 19.2 Å². The highest BCUT2D eigenvalue weighted by molar-refractivity contribution is 7.90. The van der Waals surface area contributed by atoms with Gasteiger partial charge in [-0.25, -0.2) is 0 Å². The Hall–Kier alpha value is -3.71. The average molecular weight is 447 g/mol. The Labute approximate surface area is 187 Å². The molecule has 0 atom stereocenters. The van der Waals surface area contributed by atoms with Crippen molar-refractivity contribution in [2.24, 2.45) is 9.39 Å². The summed E-state index contributed by atoms with van der Waals surface area (Å²) in [5, 5.41) is 0. The number of rotatable bonds is 6. The third-order valence-corrected chi connectivity index (χ3v) is 6.35. The molecule has 0 bridgehead atoms. The van der Waals surface area contributed by atoms with Gasteiger partial charge < -0.3 is 9.47 Å². The van der Waals surface area contributed by atoms with Gasteiger partial charge >= 0.3 is 0 Å². The predicted octanol–water partition coefficient (Wildman–Crippen LogP) is 4.44. The van der Waals surface area contributed by atoms with Crippen LogP contribution in [0.15, 0.2) is 99.2 Å². The average Bonchev–Trinajstić information content (AvgIpc) is 2.84. The molecule has 0 saturated heterocycles. The summed E-state index contributed by atoms with van der Waals surface area (Å²) in [5.41, 5.74) is 3.76. The third-order valence-electron chi connectivity index (χ3n) is 5.04. The summed E-state index contributed by atoms with van der Waals surface area (Å²) >= 11 is 0. The van der Waals surface area contributed by atoms with E-state index in [-0.39, 0.29) is 4.90 Å². The maximum atomic E-state index is 12.9. The van der Waals surface area contributed by atoms with Crippen LogP contribution in [0, 0.1) is 0 Å². The zero-order valence-corrected chi connectivity index (χ0v) is 18.5. The van der Waals surface area contributed by atoms with Gasteiger partial charge in [0.15, 0.2) is 0 Å². The molecule has 1 aliphatic rings. The number of sulfonamides is 1. The smallest absolute Gasteiger partial charge is 0.282 e. The number of ether oxygens (including phenoxy) is 2. The topological polar surface area (TPSA) is 77.3 Å². The Morgan fingerprint density at radius 1 is 0.719 bits per heavy atom. The van der Waals surface area contributed by atoms with E-state index in [9.17, 15) is 8.42 Å². The first-order chi connectivity index (χ1) is 15.5. The summed E-state index contributed by atoms with van der Waals surface area (Å²) in [6.45, 7) is 0.495. The molecule has 4 rings (SSSR count). The number of hydrogen-bond donors (Lipinski definition) is 0. The fourth-order valence-electron chi connectivity index (χ4n) is 3.32. The second-order valence-electron chi connectivity index (χ2n) is 7.06. The van der Waals surface area contributed by atoms with E-state index in [1.807, 2.05) is 48.5 Å². The number of benzene rings is 3. The molecule has 0 heterocycles. The van der Waals surface area contributed by atoms with Crippen molar-refractivity contribution in [1.82, 2.24) is 0 Å². The largest absolute Gasteiger partial charge is 0.497 e. The van der Waals surface area contributed by atoms with Crippen molar-refractivity contribution in [3.63, 3.8) is 0 Å². The fraction of sp³-hybridized carbons (Fsp3) is 0.120. The van der Waals surface area contributed by atoms with E-state index in [4.69, 9.17) is 14.5 Å². The second kappa shape index (κ2) is 9.20. The van der Waals surface area contributed by atoms with Gasteiger partial charge in [0.1, 0.15) is 11.5 Å². The lowest BCUT2D eigenvalue weighted by atomic mass is 9.94. The monoisotopic (exact) mass is 446 g/mol.